The highest BCUT2D eigenvalue weighted by Gasteiger charge is 2.25. The van der Waals surface area contributed by atoms with E-state index in [0.717, 1.165) is 44.1 Å². The molecule has 0 radical (unpaired) electrons. The van der Waals surface area contributed by atoms with E-state index in [0.29, 0.717) is 0 Å². The predicted octanol–water partition coefficient (Wildman–Crippen LogP) is 3.23. The molecule has 1 aliphatic carbocycles. The Balaban J connectivity index is 1.89. The van der Waals surface area contributed by atoms with Crippen LogP contribution in [0, 0.1) is 5.92 Å². The zero-order valence-corrected chi connectivity index (χ0v) is 13.0. The lowest BCUT2D eigenvalue weighted by atomic mass is 10.1. The van der Waals surface area contributed by atoms with Gasteiger partial charge >= 0.3 is 0 Å². The first kappa shape index (κ1) is 16.1. The van der Waals surface area contributed by atoms with E-state index in [4.69, 9.17) is 4.74 Å². The van der Waals surface area contributed by atoms with Crippen LogP contribution in [0.1, 0.15) is 31.2 Å². The number of nitrogens with zero attached hydrogens (tertiary/aromatic N) is 1. The van der Waals surface area contributed by atoms with Gasteiger partial charge in [0.2, 0.25) is 0 Å². The lowest BCUT2D eigenvalue weighted by Crippen LogP contribution is -2.33. The zero-order valence-electron chi connectivity index (χ0n) is 13.0. The molecule has 1 atom stereocenters. The molecular weight excluding hydrogens is 262 g/mol. The van der Waals surface area contributed by atoms with Crippen LogP contribution in [0.4, 0.5) is 0 Å². The molecule has 1 N–H and O–H groups in total. The van der Waals surface area contributed by atoms with E-state index >= 15 is 0 Å². The molecule has 3 heteroatoms. The molecule has 116 valence electrons. The van der Waals surface area contributed by atoms with Crippen molar-refractivity contribution < 1.29 is 9.84 Å². The quantitative estimate of drug-likeness (QED) is 0.671. The third kappa shape index (κ3) is 5.90. The van der Waals surface area contributed by atoms with Crippen LogP contribution in [0.25, 0.3) is 0 Å². The molecule has 1 unspecified atom stereocenters. The number of aliphatic hydroxyl groups is 1. The Labute approximate surface area is 128 Å². The van der Waals surface area contributed by atoms with Crippen molar-refractivity contribution in [2.45, 2.75) is 38.3 Å². The molecule has 0 aliphatic heterocycles. The molecule has 0 aromatic heterocycles. The molecule has 3 nitrogen and oxygen atoms in total. The second-order valence-corrected chi connectivity index (χ2v) is 6.01. The van der Waals surface area contributed by atoms with E-state index in [1.165, 1.54) is 18.4 Å². The van der Waals surface area contributed by atoms with E-state index in [-0.39, 0.29) is 6.10 Å². The summed E-state index contributed by atoms with van der Waals surface area (Å²) in [5.41, 5.74) is 1.27. The number of methoxy groups -OCH3 is 1. The van der Waals surface area contributed by atoms with Gasteiger partial charge < -0.3 is 9.84 Å². The normalized spacial score (nSPS) is 16.0. The van der Waals surface area contributed by atoms with Gasteiger partial charge in [-0.25, -0.2) is 0 Å². The fourth-order valence-corrected chi connectivity index (χ4v) is 2.56. The van der Waals surface area contributed by atoms with Gasteiger partial charge in [-0.2, -0.15) is 0 Å². The summed E-state index contributed by atoms with van der Waals surface area (Å²) in [6.45, 7) is 6.45. The molecule has 1 fully saturated rings. The van der Waals surface area contributed by atoms with Gasteiger partial charge in [0.05, 0.1) is 13.2 Å². The minimum Gasteiger partial charge on any atom is -0.497 e. The van der Waals surface area contributed by atoms with Crippen molar-refractivity contribution >= 4 is 0 Å². The van der Waals surface area contributed by atoms with Crippen LogP contribution in [-0.2, 0) is 6.54 Å². The van der Waals surface area contributed by atoms with Crippen LogP contribution in [0.5, 0.6) is 5.75 Å². The molecule has 1 saturated carbocycles. The number of ether oxygens (including phenoxy) is 1. The summed E-state index contributed by atoms with van der Waals surface area (Å²) >= 11 is 0. The van der Waals surface area contributed by atoms with Crippen LogP contribution in [-0.4, -0.2) is 36.3 Å². The summed E-state index contributed by atoms with van der Waals surface area (Å²) in [7, 11) is 1.68. The molecule has 1 aromatic rings. The fourth-order valence-electron chi connectivity index (χ4n) is 2.56. The van der Waals surface area contributed by atoms with Crippen LogP contribution in [0.15, 0.2) is 36.9 Å². The van der Waals surface area contributed by atoms with Gasteiger partial charge in [0.1, 0.15) is 5.75 Å². The Hall–Kier alpha value is -1.32. The van der Waals surface area contributed by atoms with Crippen molar-refractivity contribution in [3.8, 4) is 5.75 Å². The highest BCUT2D eigenvalue weighted by molar-refractivity contribution is 5.27. The average molecular weight is 289 g/mol. The number of rotatable bonds is 10. The van der Waals surface area contributed by atoms with Crippen molar-refractivity contribution in [2.75, 3.05) is 20.2 Å². The van der Waals surface area contributed by atoms with Gasteiger partial charge in [-0.1, -0.05) is 18.2 Å². The van der Waals surface area contributed by atoms with Crippen molar-refractivity contribution in [2.24, 2.45) is 5.92 Å². The number of benzene rings is 1. The summed E-state index contributed by atoms with van der Waals surface area (Å²) in [4.78, 5) is 2.38. The topological polar surface area (TPSA) is 32.7 Å². The van der Waals surface area contributed by atoms with Crippen LogP contribution < -0.4 is 4.74 Å². The van der Waals surface area contributed by atoms with Gasteiger partial charge in [0.15, 0.2) is 0 Å². The minimum atomic E-state index is -0.264. The molecular formula is C18H27NO2. The fraction of sp³-hybridized carbons (Fsp3) is 0.556. The van der Waals surface area contributed by atoms with Crippen molar-refractivity contribution in [1.82, 2.24) is 4.90 Å². The monoisotopic (exact) mass is 289 g/mol. The van der Waals surface area contributed by atoms with Crippen LogP contribution in [0.3, 0.4) is 0 Å². The van der Waals surface area contributed by atoms with E-state index in [1.54, 1.807) is 7.11 Å². The van der Waals surface area contributed by atoms with Crippen LogP contribution >= 0.6 is 0 Å². The lowest BCUT2D eigenvalue weighted by molar-refractivity contribution is 0.0996. The Morgan fingerprint density at radius 3 is 2.67 bits per heavy atom. The molecule has 1 aromatic carbocycles. The van der Waals surface area contributed by atoms with Gasteiger partial charge in [0.25, 0.3) is 0 Å². The van der Waals surface area contributed by atoms with Crippen molar-refractivity contribution in [3.63, 3.8) is 0 Å². The Bertz CT molecular complexity index is 425. The first-order valence-corrected chi connectivity index (χ1v) is 7.85. The average Bonchev–Trinajstić information content (AvgIpc) is 3.30. The van der Waals surface area contributed by atoms with E-state index in [1.807, 2.05) is 18.2 Å². The molecule has 0 saturated heterocycles. The third-order valence-corrected chi connectivity index (χ3v) is 3.95. The molecule has 21 heavy (non-hydrogen) atoms. The molecule has 0 amide bonds. The number of hydrogen-bond acceptors (Lipinski definition) is 3. The van der Waals surface area contributed by atoms with Gasteiger partial charge in [-0.3, -0.25) is 4.90 Å². The first-order valence-electron chi connectivity index (χ1n) is 7.85. The largest absolute Gasteiger partial charge is 0.497 e. The SMILES string of the molecule is C=CCCC(O)CN(Cc1ccc(OC)cc1)CC1CC1. The minimum absolute atomic E-state index is 0.264. The predicted molar refractivity (Wildman–Crippen MR) is 86.4 cm³/mol. The molecule has 0 heterocycles. The van der Waals surface area contributed by atoms with E-state index < -0.39 is 0 Å². The third-order valence-electron chi connectivity index (χ3n) is 3.95. The zero-order chi connectivity index (χ0) is 15.1. The van der Waals surface area contributed by atoms with Crippen molar-refractivity contribution in [1.29, 1.82) is 0 Å². The molecule has 1 aliphatic rings. The van der Waals surface area contributed by atoms with Gasteiger partial charge in [-0.15, -0.1) is 6.58 Å². The maximum atomic E-state index is 10.1. The highest BCUT2D eigenvalue weighted by atomic mass is 16.5. The Morgan fingerprint density at radius 2 is 2.10 bits per heavy atom. The Kier molecular flexibility index (Phi) is 6.27. The van der Waals surface area contributed by atoms with Gasteiger partial charge in [-0.05, 0) is 49.3 Å². The molecule has 2 rings (SSSR count). The first-order chi connectivity index (χ1) is 10.2. The maximum Gasteiger partial charge on any atom is 0.118 e. The summed E-state index contributed by atoms with van der Waals surface area (Å²) in [6, 6.07) is 8.21. The van der Waals surface area contributed by atoms with Gasteiger partial charge in [0, 0.05) is 19.6 Å². The Morgan fingerprint density at radius 1 is 1.38 bits per heavy atom. The molecule has 0 spiro atoms. The number of hydrogen-bond donors (Lipinski definition) is 1. The van der Waals surface area contributed by atoms with Crippen LogP contribution in [0.2, 0.25) is 0 Å². The van der Waals surface area contributed by atoms with Crippen molar-refractivity contribution in [3.05, 3.63) is 42.5 Å². The second kappa shape index (κ2) is 8.20. The highest BCUT2D eigenvalue weighted by Crippen LogP contribution is 2.30. The maximum absolute atomic E-state index is 10.1. The molecule has 0 bridgehead atoms. The lowest BCUT2D eigenvalue weighted by Gasteiger charge is -2.25. The smallest absolute Gasteiger partial charge is 0.118 e. The second-order valence-electron chi connectivity index (χ2n) is 6.01. The number of aliphatic hydroxyl groups excluding tert-OH is 1. The summed E-state index contributed by atoms with van der Waals surface area (Å²) < 4.78 is 5.19. The number of allylic oxidation sites excluding steroid dienone is 1. The van der Waals surface area contributed by atoms with E-state index in [9.17, 15) is 5.11 Å². The summed E-state index contributed by atoms with van der Waals surface area (Å²) in [5.74, 6) is 1.72. The van der Waals surface area contributed by atoms with E-state index in [2.05, 4.69) is 23.6 Å². The summed E-state index contributed by atoms with van der Waals surface area (Å²) in [5, 5.41) is 10.1. The summed E-state index contributed by atoms with van der Waals surface area (Å²) in [6.07, 6.45) is 5.95. The standard InChI is InChI=1S/C18H27NO2/c1-3-4-5-17(20)14-19(12-15-6-7-15)13-16-8-10-18(21-2)11-9-16/h3,8-11,15,17,20H,1,4-7,12-14H2,2H3.